The lowest BCUT2D eigenvalue weighted by molar-refractivity contribution is 0.0272. The molecule has 2 rings (SSSR count). The van der Waals surface area contributed by atoms with Crippen molar-refractivity contribution in [2.24, 2.45) is 11.7 Å². The lowest BCUT2D eigenvalue weighted by Crippen LogP contribution is -2.71. The summed E-state index contributed by atoms with van der Waals surface area (Å²) in [6, 6.07) is 5.20. The lowest BCUT2D eigenvalue weighted by Gasteiger charge is -2.50. The summed E-state index contributed by atoms with van der Waals surface area (Å²) in [4.78, 5) is 14.2. The first kappa shape index (κ1) is 14.7. The highest BCUT2D eigenvalue weighted by Crippen LogP contribution is 2.31. The van der Waals surface area contributed by atoms with Gasteiger partial charge in [0.2, 0.25) is 0 Å². The number of nitrogens with zero attached hydrogens (tertiary/aromatic N) is 1. The minimum Gasteiger partial charge on any atom is -0.497 e. The summed E-state index contributed by atoms with van der Waals surface area (Å²) in [5.41, 5.74) is 6.50. The number of benzene rings is 1. The van der Waals surface area contributed by atoms with Crippen LogP contribution >= 0.6 is 0 Å². The number of ether oxygens (including phenoxy) is 2. The summed E-state index contributed by atoms with van der Waals surface area (Å²) >= 11 is 0. The van der Waals surface area contributed by atoms with Crippen LogP contribution in [0.4, 0.5) is 0 Å². The molecule has 5 heteroatoms. The SMILES string of the molecule is COc1ccc(C(=O)N2CC(N)(C(C)C)C2)c(OC)c1. The van der Waals surface area contributed by atoms with E-state index in [1.54, 1.807) is 37.3 Å². The quantitative estimate of drug-likeness (QED) is 0.906. The van der Waals surface area contributed by atoms with Gasteiger partial charge in [-0.1, -0.05) is 13.8 Å². The van der Waals surface area contributed by atoms with Crippen molar-refractivity contribution in [2.45, 2.75) is 19.4 Å². The highest BCUT2D eigenvalue weighted by atomic mass is 16.5. The number of hydrogen-bond donors (Lipinski definition) is 1. The molecule has 5 nitrogen and oxygen atoms in total. The first-order valence-electron chi connectivity index (χ1n) is 6.71. The van der Waals surface area contributed by atoms with E-state index in [2.05, 4.69) is 13.8 Å². The van der Waals surface area contributed by atoms with E-state index in [9.17, 15) is 4.79 Å². The molecule has 0 saturated carbocycles. The van der Waals surface area contributed by atoms with Crippen LogP contribution in [-0.2, 0) is 0 Å². The molecule has 0 bridgehead atoms. The summed E-state index contributed by atoms with van der Waals surface area (Å²) in [7, 11) is 3.13. The van der Waals surface area contributed by atoms with Gasteiger partial charge < -0.3 is 20.1 Å². The van der Waals surface area contributed by atoms with E-state index >= 15 is 0 Å². The Balaban J connectivity index is 2.15. The summed E-state index contributed by atoms with van der Waals surface area (Å²) in [5.74, 6) is 1.49. The van der Waals surface area contributed by atoms with Crippen LogP contribution in [0.15, 0.2) is 18.2 Å². The number of rotatable bonds is 4. The molecule has 1 fully saturated rings. The Morgan fingerprint density at radius 1 is 1.30 bits per heavy atom. The Kier molecular flexibility index (Phi) is 3.90. The molecule has 1 saturated heterocycles. The summed E-state index contributed by atoms with van der Waals surface area (Å²) in [6.45, 7) is 5.32. The van der Waals surface area contributed by atoms with Crippen molar-refractivity contribution in [1.29, 1.82) is 0 Å². The van der Waals surface area contributed by atoms with Crippen LogP contribution in [0.2, 0.25) is 0 Å². The second-order valence-corrected chi connectivity index (χ2v) is 5.62. The molecule has 0 spiro atoms. The fourth-order valence-corrected chi connectivity index (χ4v) is 2.32. The summed E-state index contributed by atoms with van der Waals surface area (Å²) in [5, 5.41) is 0. The van der Waals surface area contributed by atoms with Crippen LogP contribution < -0.4 is 15.2 Å². The lowest BCUT2D eigenvalue weighted by atomic mass is 9.80. The maximum atomic E-state index is 12.5. The van der Waals surface area contributed by atoms with Gasteiger partial charge in [0.15, 0.2) is 0 Å². The molecule has 1 amide bonds. The maximum Gasteiger partial charge on any atom is 0.257 e. The molecule has 1 heterocycles. The van der Waals surface area contributed by atoms with Gasteiger partial charge in [-0.05, 0) is 18.1 Å². The zero-order valence-corrected chi connectivity index (χ0v) is 12.5. The molecule has 1 aliphatic rings. The molecule has 0 atom stereocenters. The number of nitrogens with two attached hydrogens (primary N) is 1. The monoisotopic (exact) mass is 278 g/mol. The number of hydrogen-bond acceptors (Lipinski definition) is 4. The largest absolute Gasteiger partial charge is 0.497 e. The molecular weight excluding hydrogens is 256 g/mol. The Morgan fingerprint density at radius 2 is 1.95 bits per heavy atom. The molecule has 110 valence electrons. The third-order valence-corrected chi connectivity index (χ3v) is 4.05. The van der Waals surface area contributed by atoms with Crippen LogP contribution in [-0.4, -0.2) is 43.7 Å². The van der Waals surface area contributed by atoms with Gasteiger partial charge in [-0.3, -0.25) is 4.79 Å². The molecule has 0 aliphatic carbocycles. The van der Waals surface area contributed by atoms with Crippen molar-refractivity contribution in [1.82, 2.24) is 4.90 Å². The van der Waals surface area contributed by atoms with Gasteiger partial charge in [0.25, 0.3) is 5.91 Å². The summed E-state index contributed by atoms with van der Waals surface area (Å²) < 4.78 is 10.4. The Labute approximate surface area is 119 Å². The average molecular weight is 278 g/mol. The van der Waals surface area contributed by atoms with Crippen molar-refractivity contribution in [3.05, 3.63) is 23.8 Å². The second-order valence-electron chi connectivity index (χ2n) is 5.62. The Hall–Kier alpha value is -1.75. The van der Waals surface area contributed by atoms with Gasteiger partial charge in [-0.15, -0.1) is 0 Å². The van der Waals surface area contributed by atoms with E-state index < -0.39 is 0 Å². The normalized spacial score (nSPS) is 16.8. The van der Waals surface area contributed by atoms with Crippen molar-refractivity contribution in [3.63, 3.8) is 0 Å². The van der Waals surface area contributed by atoms with Gasteiger partial charge >= 0.3 is 0 Å². The molecule has 2 N–H and O–H groups in total. The van der Waals surface area contributed by atoms with E-state index in [1.165, 1.54) is 0 Å². The number of likely N-dealkylation sites (tertiary alicyclic amines) is 1. The third kappa shape index (κ3) is 2.45. The topological polar surface area (TPSA) is 64.8 Å². The van der Waals surface area contributed by atoms with Crippen LogP contribution in [0.25, 0.3) is 0 Å². The molecule has 0 aromatic heterocycles. The van der Waals surface area contributed by atoms with Crippen molar-refractivity contribution in [2.75, 3.05) is 27.3 Å². The van der Waals surface area contributed by atoms with E-state index in [-0.39, 0.29) is 11.4 Å². The maximum absolute atomic E-state index is 12.5. The summed E-state index contributed by atoms with van der Waals surface area (Å²) in [6.07, 6.45) is 0. The van der Waals surface area contributed by atoms with Gasteiger partial charge in [0.05, 0.1) is 25.3 Å². The molecule has 20 heavy (non-hydrogen) atoms. The van der Waals surface area contributed by atoms with E-state index in [4.69, 9.17) is 15.2 Å². The number of amides is 1. The zero-order chi connectivity index (χ0) is 14.9. The van der Waals surface area contributed by atoms with Gasteiger partial charge in [0.1, 0.15) is 11.5 Å². The minimum absolute atomic E-state index is 0.0498. The third-order valence-electron chi connectivity index (χ3n) is 4.05. The smallest absolute Gasteiger partial charge is 0.257 e. The van der Waals surface area contributed by atoms with Gasteiger partial charge in [-0.2, -0.15) is 0 Å². The predicted molar refractivity (Wildman–Crippen MR) is 77.2 cm³/mol. The first-order chi connectivity index (χ1) is 9.41. The standard InChI is InChI=1S/C15H22N2O3/c1-10(2)15(16)8-17(9-15)14(18)12-6-5-11(19-3)7-13(12)20-4/h5-7,10H,8-9,16H2,1-4H3. The van der Waals surface area contributed by atoms with E-state index in [0.29, 0.717) is 36.1 Å². The molecule has 1 aromatic rings. The first-order valence-corrected chi connectivity index (χ1v) is 6.71. The average Bonchev–Trinajstić information content (AvgIpc) is 2.42. The molecule has 0 unspecified atom stereocenters. The number of carbonyl (C=O) groups is 1. The fourth-order valence-electron chi connectivity index (χ4n) is 2.32. The van der Waals surface area contributed by atoms with Gasteiger partial charge in [-0.25, -0.2) is 0 Å². The molecule has 0 radical (unpaired) electrons. The zero-order valence-electron chi connectivity index (χ0n) is 12.5. The second kappa shape index (κ2) is 5.32. The van der Waals surface area contributed by atoms with Crippen molar-refractivity contribution < 1.29 is 14.3 Å². The van der Waals surface area contributed by atoms with Crippen molar-refractivity contribution in [3.8, 4) is 11.5 Å². The Bertz CT molecular complexity index is 508. The number of methoxy groups -OCH3 is 2. The highest BCUT2D eigenvalue weighted by Gasteiger charge is 2.44. The van der Waals surface area contributed by atoms with Crippen molar-refractivity contribution >= 4 is 5.91 Å². The Morgan fingerprint density at radius 3 is 2.45 bits per heavy atom. The predicted octanol–water partition coefficient (Wildman–Crippen LogP) is 1.51. The molecule has 1 aromatic carbocycles. The number of carbonyl (C=O) groups excluding carboxylic acids is 1. The molecular formula is C15H22N2O3. The minimum atomic E-state index is -0.268. The highest BCUT2D eigenvalue weighted by molar-refractivity contribution is 5.97. The van der Waals surface area contributed by atoms with Crippen LogP contribution in [0, 0.1) is 5.92 Å². The van der Waals surface area contributed by atoms with E-state index in [1.807, 2.05) is 0 Å². The van der Waals surface area contributed by atoms with Crippen LogP contribution in [0.3, 0.4) is 0 Å². The van der Waals surface area contributed by atoms with Gasteiger partial charge in [0, 0.05) is 19.2 Å². The van der Waals surface area contributed by atoms with E-state index in [0.717, 1.165) is 0 Å². The fraction of sp³-hybridized carbons (Fsp3) is 0.533. The molecule has 1 aliphatic heterocycles. The van der Waals surface area contributed by atoms with Crippen LogP contribution in [0.1, 0.15) is 24.2 Å². The van der Waals surface area contributed by atoms with Crippen LogP contribution in [0.5, 0.6) is 11.5 Å².